The first-order valence-electron chi connectivity index (χ1n) is 13.2. The number of para-hydroxylation sites is 1. The molecule has 3 rings (SSSR count). The first kappa shape index (κ1) is 29.5. The molecule has 1 N–H and O–H groups in total. The number of anilines is 1. The van der Waals surface area contributed by atoms with Gasteiger partial charge in [0.1, 0.15) is 17.7 Å². The molecule has 2 aromatic carbocycles. The molecule has 1 saturated carbocycles. The molecular weight excluding hydrogens is 512 g/mol. The second-order valence-corrected chi connectivity index (χ2v) is 11.7. The molecule has 2 amide bonds. The molecule has 0 heterocycles. The van der Waals surface area contributed by atoms with Crippen molar-refractivity contribution >= 4 is 27.5 Å². The molecule has 10 heteroatoms. The van der Waals surface area contributed by atoms with Crippen molar-refractivity contribution in [2.45, 2.75) is 76.9 Å². The Morgan fingerprint density at radius 2 is 1.68 bits per heavy atom. The Labute approximate surface area is 224 Å². The summed E-state index contributed by atoms with van der Waals surface area (Å²) in [6.45, 7) is 1.85. The maximum atomic E-state index is 14.3. The molecule has 1 fully saturated rings. The minimum atomic E-state index is -3.79. The standard InChI is InChI=1S/C28H37F2N3O4S/c1-3-25(28(35)31-23-10-5-4-6-11-23)32(20-21-15-17-22(29)18-16-21)27(34)14-9-19-33(38(2,36)37)26-13-8-7-12-24(26)30/h7-8,12-13,15-18,23,25H,3-6,9-11,14,19-20H2,1-2H3,(H,31,35)/t25-/m1/s1. The topological polar surface area (TPSA) is 86.8 Å². The van der Waals surface area contributed by atoms with Gasteiger partial charge < -0.3 is 10.2 Å². The van der Waals surface area contributed by atoms with Gasteiger partial charge in [-0.25, -0.2) is 17.2 Å². The van der Waals surface area contributed by atoms with Crippen LogP contribution >= 0.6 is 0 Å². The minimum absolute atomic E-state index is 0.0468. The Bertz CT molecular complexity index is 1180. The number of halogens is 2. The zero-order valence-corrected chi connectivity index (χ0v) is 22.9. The fraction of sp³-hybridized carbons (Fsp3) is 0.500. The summed E-state index contributed by atoms with van der Waals surface area (Å²) in [6, 6.07) is 10.7. The van der Waals surface area contributed by atoms with Crippen molar-refractivity contribution in [1.29, 1.82) is 0 Å². The van der Waals surface area contributed by atoms with Crippen molar-refractivity contribution in [1.82, 2.24) is 10.2 Å². The Morgan fingerprint density at radius 1 is 1.03 bits per heavy atom. The monoisotopic (exact) mass is 549 g/mol. The third kappa shape index (κ3) is 8.24. The zero-order valence-electron chi connectivity index (χ0n) is 22.0. The van der Waals surface area contributed by atoms with Crippen LogP contribution in [0.25, 0.3) is 0 Å². The molecule has 2 aromatic rings. The van der Waals surface area contributed by atoms with Crippen LogP contribution in [0.3, 0.4) is 0 Å². The fourth-order valence-corrected chi connectivity index (χ4v) is 5.85. The third-order valence-electron chi connectivity index (χ3n) is 6.88. The second-order valence-electron chi connectivity index (χ2n) is 9.81. The lowest BCUT2D eigenvalue weighted by Crippen LogP contribution is -2.51. The number of hydrogen-bond donors (Lipinski definition) is 1. The highest BCUT2D eigenvalue weighted by atomic mass is 32.2. The average Bonchev–Trinajstić information content (AvgIpc) is 2.88. The molecule has 0 aliphatic heterocycles. The molecule has 7 nitrogen and oxygen atoms in total. The van der Waals surface area contributed by atoms with Crippen LogP contribution in [-0.4, -0.2) is 50.0 Å². The van der Waals surface area contributed by atoms with Gasteiger partial charge in [-0.05, 0) is 55.5 Å². The van der Waals surface area contributed by atoms with Crippen LogP contribution in [-0.2, 0) is 26.2 Å². The van der Waals surface area contributed by atoms with E-state index in [4.69, 9.17) is 0 Å². The number of carbonyl (C=O) groups excluding carboxylic acids is 2. The van der Waals surface area contributed by atoms with Gasteiger partial charge in [-0.1, -0.05) is 50.5 Å². The molecule has 1 aliphatic carbocycles. The van der Waals surface area contributed by atoms with E-state index in [-0.39, 0.29) is 49.5 Å². The molecule has 1 atom stereocenters. The highest BCUT2D eigenvalue weighted by Crippen LogP contribution is 2.23. The lowest BCUT2D eigenvalue weighted by molar-refractivity contribution is -0.141. The van der Waals surface area contributed by atoms with Crippen LogP contribution in [0, 0.1) is 11.6 Å². The molecule has 0 unspecified atom stereocenters. The molecule has 0 saturated heterocycles. The van der Waals surface area contributed by atoms with Crippen LogP contribution in [0.2, 0.25) is 0 Å². The van der Waals surface area contributed by atoms with E-state index in [2.05, 4.69) is 5.32 Å². The highest BCUT2D eigenvalue weighted by molar-refractivity contribution is 7.92. The molecule has 0 aromatic heterocycles. The van der Waals surface area contributed by atoms with Crippen LogP contribution in [0.5, 0.6) is 0 Å². The van der Waals surface area contributed by atoms with Crippen molar-refractivity contribution in [2.24, 2.45) is 0 Å². The van der Waals surface area contributed by atoms with E-state index in [1.165, 1.54) is 35.2 Å². The number of hydrogen-bond acceptors (Lipinski definition) is 4. The van der Waals surface area contributed by atoms with E-state index in [0.29, 0.717) is 12.0 Å². The van der Waals surface area contributed by atoms with E-state index in [1.54, 1.807) is 18.2 Å². The summed E-state index contributed by atoms with van der Waals surface area (Å²) in [5.74, 6) is -1.63. The van der Waals surface area contributed by atoms with Gasteiger partial charge in [-0.2, -0.15) is 0 Å². The lowest BCUT2D eigenvalue weighted by Gasteiger charge is -2.33. The Morgan fingerprint density at radius 3 is 2.29 bits per heavy atom. The Hall–Kier alpha value is -3.01. The van der Waals surface area contributed by atoms with Crippen molar-refractivity contribution in [3.8, 4) is 0 Å². The first-order valence-corrected chi connectivity index (χ1v) is 15.0. The number of sulfonamides is 1. The number of amides is 2. The van der Waals surface area contributed by atoms with Crippen LogP contribution < -0.4 is 9.62 Å². The van der Waals surface area contributed by atoms with E-state index in [9.17, 15) is 26.8 Å². The predicted molar refractivity (Wildman–Crippen MR) is 144 cm³/mol. The number of nitrogens with zero attached hydrogens (tertiary/aromatic N) is 2. The summed E-state index contributed by atoms with van der Waals surface area (Å²) in [5, 5.41) is 3.10. The average molecular weight is 550 g/mol. The summed E-state index contributed by atoms with van der Waals surface area (Å²) in [7, 11) is -3.79. The highest BCUT2D eigenvalue weighted by Gasteiger charge is 2.30. The summed E-state index contributed by atoms with van der Waals surface area (Å²) in [6.07, 6.45) is 6.53. The normalized spacial score (nSPS) is 15.1. The summed E-state index contributed by atoms with van der Waals surface area (Å²) in [4.78, 5) is 28.2. The van der Waals surface area contributed by atoms with Crippen molar-refractivity contribution < 1.29 is 26.8 Å². The largest absolute Gasteiger partial charge is 0.352 e. The molecular formula is C28H37F2N3O4S. The summed E-state index contributed by atoms with van der Waals surface area (Å²) >= 11 is 0. The van der Waals surface area contributed by atoms with Crippen LogP contribution in [0.1, 0.15) is 63.9 Å². The molecule has 1 aliphatic rings. The maximum Gasteiger partial charge on any atom is 0.243 e. The number of carbonyl (C=O) groups is 2. The molecule has 0 bridgehead atoms. The van der Waals surface area contributed by atoms with Crippen molar-refractivity contribution in [2.75, 3.05) is 17.1 Å². The maximum absolute atomic E-state index is 14.3. The SMILES string of the molecule is CC[C@H](C(=O)NC1CCCCC1)N(Cc1ccc(F)cc1)C(=O)CCCN(c1ccccc1F)S(C)(=O)=O. The van der Waals surface area contributed by atoms with Gasteiger partial charge in [-0.15, -0.1) is 0 Å². The van der Waals surface area contributed by atoms with Gasteiger partial charge in [0.05, 0.1) is 11.9 Å². The van der Waals surface area contributed by atoms with Crippen molar-refractivity contribution in [3.05, 3.63) is 65.7 Å². The van der Waals surface area contributed by atoms with Gasteiger partial charge in [0.2, 0.25) is 21.8 Å². The predicted octanol–water partition coefficient (Wildman–Crippen LogP) is 4.77. The number of nitrogens with one attached hydrogen (secondary N) is 1. The smallest absolute Gasteiger partial charge is 0.243 e. The van der Waals surface area contributed by atoms with Gasteiger partial charge in [0.25, 0.3) is 0 Å². The van der Waals surface area contributed by atoms with Crippen LogP contribution in [0.15, 0.2) is 48.5 Å². The number of rotatable bonds is 12. The second kappa shape index (κ2) is 13.7. The molecule has 38 heavy (non-hydrogen) atoms. The molecule has 208 valence electrons. The van der Waals surface area contributed by atoms with Gasteiger partial charge in [0.15, 0.2) is 0 Å². The fourth-order valence-electron chi connectivity index (χ4n) is 4.89. The quantitative estimate of drug-likeness (QED) is 0.413. The van der Waals surface area contributed by atoms with E-state index in [1.807, 2.05) is 6.92 Å². The minimum Gasteiger partial charge on any atom is -0.352 e. The van der Waals surface area contributed by atoms with Crippen molar-refractivity contribution in [3.63, 3.8) is 0 Å². The van der Waals surface area contributed by atoms with E-state index < -0.39 is 27.7 Å². The zero-order chi connectivity index (χ0) is 27.7. The first-order chi connectivity index (χ1) is 18.1. The Kier molecular flexibility index (Phi) is 10.6. The molecule has 0 radical (unpaired) electrons. The van der Waals surface area contributed by atoms with Gasteiger partial charge in [0, 0.05) is 25.6 Å². The lowest BCUT2D eigenvalue weighted by atomic mass is 9.95. The van der Waals surface area contributed by atoms with E-state index >= 15 is 0 Å². The van der Waals surface area contributed by atoms with Crippen LogP contribution in [0.4, 0.5) is 14.5 Å². The third-order valence-corrected chi connectivity index (χ3v) is 8.06. The summed E-state index contributed by atoms with van der Waals surface area (Å²) < 4.78 is 53.5. The summed E-state index contributed by atoms with van der Waals surface area (Å²) in [5.41, 5.74) is 0.594. The van der Waals surface area contributed by atoms with Gasteiger partial charge in [-0.3, -0.25) is 13.9 Å². The Balaban J connectivity index is 1.76. The number of benzene rings is 2. The van der Waals surface area contributed by atoms with E-state index in [0.717, 1.165) is 42.7 Å². The van der Waals surface area contributed by atoms with Gasteiger partial charge >= 0.3 is 0 Å². The molecule has 0 spiro atoms.